The van der Waals surface area contributed by atoms with Gasteiger partial charge in [-0.3, -0.25) is 0 Å². The normalized spacial score (nSPS) is 12.6. The van der Waals surface area contributed by atoms with Crippen molar-refractivity contribution in [2.75, 3.05) is 12.3 Å². The van der Waals surface area contributed by atoms with Crippen LogP contribution in [0.1, 0.15) is 5.69 Å². The highest BCUT2D eigenvalue weighted by molar-refractivity contribution is 5.51. The van der Waals surface area contributed by atoms with E-state index in [-0.39, 0.29) is 0 Å². The van der Waals surface area contributed by atoms with E-state index < -0.39 is 36.1 Å². The molecule has 0 aliphatic carbocycles. The Bertz CT molecular complexity index is 400. The quantitative estimate of drug-likeness (QED) is 0.831. The standard InChI is InChI=1S/C8H6F6N2O/c9-7(10,11)3-17-5-1-6(8(12,13)14)16-2-4(5)15/h1-2H,3,15H2. The van der Waals surface area contributed by atoms with E-state index in [1.165, 1.54) is 0 Å². The Morgan fingerprint density at radius 1 is 1.18 bits per heavy atom. The van der Waals surface area contributed by atoms with Gasteiger partial charge in [0.15, 0.2) is 6.61 Å². The van der Waals surface area contributed by atoms with Crippen molar-refractivity contribution in [2.24, 2.45) is 0 Å². The summed E-state index contributed by atoms with van der Waals surface area (Å²) in [5, 5.41) is 0. The molecular formula is C8H6F6N2O. The van der Waals surface area contributed by atoms with Gasteiger partial charge >= 0.3 is 12.4 Å². The van der Waals surface area contributed by atoms with Crippen LogP contribution in [0.15, 0.2) is 12.3 Å². The van der Waals surface area contributed by atoms with E-state index in [1.54, 1.807) is 0 Å². The van der Waals surface area contributed by atoms with Crippen molar-refractivity contribution in [1.29, 1.82) is 0 Å². The molecule has 0 atom stereocenters. The Morgan fingerprint density at radius 2 is 1.76 bits per heavy atom. The molecule has 1 rings (SSSR count). The number of halogens is 6. The van der Waals surface area contributed by atoms with Crippen LogP contribution in [0.5, 0.6) is 5.75 Å². The lowest BCUT2D eigenvalue weighted by molar-refractivity contribution is -0.153. The van der Waals surface area contributed by atoms with E-state index in [4.69, 9.17) is 5.73 Å². The maximum atomic E-state index is 12.2. The van der Waals surface area contributed by atoms with Gasteiger partial charge in [-0.2, -0.15) is 26.3 Å². The molecule has 2 N–H and O–H groups in total. The van der Waals surface area contributed by atoms with Crippen LogP contribution < -0.4 is 10.5 Å². The van der Waals surface area contributed by atoms with E-state index in [0.717, 1.165) is 0 Å². The van der Waals surface area contributed by atoms with Gasteiger partial charge < -0.3 is 10.5 Å². The molecule has 0 bridgehead atoms. The third kappa shape index (κ3) is 4.00. The topological polar surface area (TPSA) is 48.1 Å². The predicted molar refractivity (Wildman–Crippen MR) is 45.2 cm³/mol. The van der Waals surface area contributed by atoms with Gasteiger partial charge in [0.1, 0.15) is 11.4 Å². The molecule has 0 saturated carbocycles. The highest BCUT2D eigenvalue weighted by Gasteiger charge is 2.34. The number of nitrogen functional groups attached to an aromatic ring is 1. The summed E-state index contributed by atoms with van der Waals surface area (Å²) in [5.74, 6) is -0.704. The van der Waals surface area contributed by atoms with Crippen molar-refractivity contribution < 1.29 is 31.1 Å². The number of rotatable bonds is 2. The van der Waals surface area contributed by atoms with Gasteiger partial charge in [-0.05, 0) is 0 Å². The lowest BCUT2D eigenvalue weighted by Crippen LogP contribution is -2.20. The highest BCUT2D eigenvalue weighted by Crippen LogP contribution is 2.32. The van der Waals surface area contributed by atoms with Crippen molar-refractivity contribution in [3.63, 3.8) is 0 Å². The second-order valence-electron chi connectivity index (χ2n) is 3.01. The molecule has 0 amide bonds. The second kappa shape index (κ2) is 4.30. The summed E-state index contributed by atoms with van der Waals surface area (Å²) in [6.07, 6.45) is -8.84. The minimum Gasteiger partial charge on any atom is -0.482 e. The van der Waals surface area contributed by atoms with Crippen molar-refractivity contribution in [3.05, 3.63) is 18.0 Å². The Morgan fingerprint density at radius 3 is 2.24 bits per heavy atom. The maximum Gasteiger partial charge on any atom is 0.433 e. The number of hydrogen-bond donors (Lipinski definition) is 1. The number of hydrogen-bond acceptors (Lipinski definition) is 3. The molecule has 1 aromatic rings. The van der Waals surface area contributed by atoms with Gasteiger partial charge in [0.2, 0.25) is 0 Å². The summed E-state index contributed by atoms with van der Waals surface area (Å²) in [4.78, 5) is 2.94. The summed E-state index contributed by atoms with van der Waals surface area (Å²) in [5.41, 5.74) is 3.37. The SMILES string of the molecule is Nc1cnc(C(F)(F)F)cc1OCC(F)(F)F. The molecule has 9 heteroatoms. The maximum absolute atomic E-state index is 12.2. The molecule has 17 heavy (non-hydrogen) atoms. The van der Waals surface area contributed by atoms with Gasteiger partial charge in [-0.1, -0.05) is 0 Å². The average Bonchev–Trinajstić information content (AvgIpc) is 2.13. The Kier molecular flexibility index (Phi) is 3.39. The summed E-state index contributed by atoms with van der Waals surface area (Å²) in [6.45, 7) is -1.72. The minimum atomic E-state index is -4.77. The van der Waals surface area contributed by atoms with Crippen LogP contribution in [-0.2, 0) is 6.18 Å². The zero-order valence-corrected chi connectivity index (χ0v) is 8.06. The number of pyridine rings is 1. The third-order valence-corrected chi connectivity index (χ3v) is 1.58. The van der Waals surface area contributed by atoms with Crippen LogP contribution in [0.2, 0.25) is 0 Å². The molecule has 96 valence electrons. The van der Waals surface area contributed by atoms with Crippen LogP contribution in [0, 0.1) is 0 Å². The largest absolute Gasteiger partial charge is 0.482 e. The van der Waals surface area contributed by atoms with Gasteiger partial charge in [0, 0.05) is 6.07 Å². The molecule has 0 fully saturated rings. The molecule has 0 aliphatic heterocycles. The average molecular weight is 260 g/mol. The van der Waals surface area contributed by atoms with Crippen LogP contribution in [0.3, 0.4) is 0 Å². The molecule has 1 aromatic heterocycles. The fourth-order valence-corrected chi connectivity index (χ4v) is 0.887. The molecule has 1 heterocycles. The molecule has 0 radical (unpaired) electrons. The summed E-state index contributed by atoms with van der Waals surface area (Å²) >= 11 is 0. The number of alkyl halides is 6. The number of nitrogens with two attached hydrogens (primary N) is 1. The number of aromatic nitrogens is 1. The Balaban J connectivity index is 2.92. The highest BCUT2D eigenvalue weighted by atomic mass is 19.4. The molecular weight excluding hydrogens is 254 g/mol. The van der Waals surface area contributed by atoms with Crippen molar-refractivity contribution in [3.8, 4) is 5.75 Å². The van der Waals surface area contributed by atoms with Crippen LogP contribution in [0.4, 0.5) is 32.0 Å². The Hall–Kier alpha value is -1.67. The zero-order valence-electron chi connectivity index (χ0n) is 8.06. The molecule has 0 spiro atoms. The molecule has 3 nitrogen and oxygen atoms in total. The first-order valence-electron chi connectivity index (χ1n) is 4.12. The fourth-order valence-electron chi connectivity index (χ4n) is 0.887. The Labute approximate surface area is 91.2 Å². The summed E-state index contributed by atoms with van der Waals surface area (Å²) < 4.78 is 76.1. The van der Waals surface area contributed by atoms with E-state index in [1.807, 2.05) is 0 Å². The molecule has 0 saturated heterocycles. The third-order valence-electron chi connectivity index (χ3n) is 1.58. The van der Waals surface area contributed by atoms with Crippen molar-refractivity contribution in [1.82, 2.24) is 4.98 Å². The van der Waals surface area contributed by atoms with Gasteiger partial charge in [0.25, 0.3) is 0 Å². The lowest BCUT2D eigenvalue weighted by atomic mass is 10.3. The number of nitrogens with zero attached hydrogens (tertiary/aromatic N) is 1. The predicted octanol–water partition coefficient (Wildman–Crippen LogP) is 2.62. The second-order valence-corrected chi connectivity index (χ2v) is 3.01. The van der Waals surface area contributed by atoms with Gasteiger partial charge in [-0.25, -0.2) is 4.98 Å². The lowest BCUT2D eigenvalue weighted by Gasteiger charge is -2.12. The first kappa shape index (κ1) is 13.4. The first-order chi connectivity index (χ1) is 7.59. The fraction of sp³-hybridized carbons (Fsp3) is 0.375. The van der Waals surface area contributed by atoms with Crippen LogP contribution >= 0.6 is 0 Å². The van der Waals surface area contributed by atoms with Crippen molar-refractivity contribution in [2.45, 2.75) is 12.4 Å². The smallest absolute Gasteiger partial charge is 0.433 e. The minimum absolute atomic E-state index is 0.321. The van der Waals surface area contributed by atoms with E-state index in [9.17, 15) is 26.3 Å². The molecule has 0 aliphatic rings. The monoisotopic (exact) mass is 260 g/mol. The van der Waals surface area contributed by atoms with E-state index in [2.05, 4.69) is 9.72 Å². The molecule has 0 aromatic carbocycles. The summed E-state index contributed by atoms with van der Waals surface area (Å²) in [7, 11) is 0. The van der Waals surface area contributed by atoms with Gasteiger partial charge in [0.05, 0.1) is 11.9 Å². The molecule has 0 unspecified atom stereocenters. The zero-order chi connectivity index (χ0) is 13.3. The van der Waals surface area contributed by atoms with Crippen LogP contribution in [-0.4, -0.2) is 17.8 Å². The number of anilines is 1. The number of ether oxygens (including phenoxy) is 1. The summed E-state index contributed by atoms with van der Waals surface area (Å²) in [6, 6.07) is 0.321. The van der Waals surface area contributed by atoms with Crippen molar-refractivity contribution >= 4 is 5.69 Å². The first-order valence-corrected chi connectivity index (χ1v) is 4.12. The van der Waals surface area contributed by atoms with Gasteiger partial charge in [-0.15, -0.1) is 0 Å². The van der Waals surface area contributed by atoms with E-state index >= 15 is 0 Å². The van der Waals surface area contributed by atoms with Crippen LogP contribution in [0.25, 0.3) is 0 Å². The van der Waals surface area contributed by atoms with E-state index in [0.29, 0.717) is 12.3 Å².